The van der Waals surface area contributed by atoms with Gasteiger partial charge < -0.3 is 15.0 Å². The van der Waals surface area contributed by atoms with E-state index < -0.39 is 17.8 Å². The Balaban J connectivity index is 1.58. The fourth-order valence-corrected chi connectivity index (χ4v) is 3.64. The third-order valence-corrected chi connectivity index (χ3v) is 5.39. The standard InChI is InChI=1S/C23H26N2O4/c1-14-7-6-10-19(17(14)4)24-20(26)13-29-23(28)18-11-21(27)25(12-18)22-15(2)8-5-9-16(22)3/h5-10,18H,11-13H2,1-4H3,(H,24,26)/t18-/m1/s1. The Morgan fingerprint density at radius 3 is 2.34 bits per heavy atom. The second kappa shape index (κ2) is 8.47. The van der Waals surface area contributed by atoms with Crippen molar-refractivity contribution in [1.29, 1.82) is 0 Å². The van der Waals surface area contributed by atoms with Crippen LogP contribution in [0.4, 0.5) is 11.4 Å². The van der Waals surface area contributed by atoms with E-state index in [1.807, 2.05) is 58.0 Å². The number of amides is 2. The number of aryl methyl sites for hydroxylation is 3. The lowest BCUT2D eigenvalue weighted by atomic mass is 10.1. The summed E-state index contributed by atoms with van der Waals surface area (Å²) >= 11 is 0. The van der Waals surface area contributed by atoms with Gasteiger partial charge >= 0.3 is 5.97 Å². The van der Waals surface area contributed by atoms with Gasteiger partial charge in [0.25, 0.3) is 5.91 Å². The fourth-order valence-electron chi connectivity index (χ4n) is 3.64. The van der Waals surface area contributed by atoms with Gasteiger partial charge in [0, 0.05) is 24.3 Å². The highest BCUT2D eigenvalue weighted by atomic mass is 16.5. The van der Waals surface area contributed by atoms with E-state index in [9.17, 15) is 14.4 Å². The maximum absolute atomic E-state index is 12.5. The van der Waals surface area contributed by atoms with Gasteiger partial charge in [-0.15, -0.1) is 0 Å². The number of carbonyl (C=O) groups is 3. The number of ether oxygens (including phenoxy) is 1. The van der Waals surface area contributed by atoms with Crippen LogP contribution in [-0.2, 0) is 19.1 Å². The van der Waals surface area contributed by atoms with Crippen molar-refractivity contribution >= 4 is 29.2 Å². The normalized spacial score (nSPS) is 16.1. The summed E-state index contributed by atoms with van der Waals surface area (Å²) in [5.41, 5.74) is 5.55. The first-order valence-corrected chi connectivity index (χ1v) is 9.67. The van der Waals surface area contributed by atoms with Crippen LogP contribution in [0.5, 0.6) is 0 Å². The molecule has 3 rings (SSSR count). The monoisotopic (exact) mass is 394 g/mol. The maximum atomic E-state index is 12.5. The Hall–Kier alpha value is -3.15. The smallest absolute Gasteiger partial charge is 0.311 e. The van der Waals surface area contributed by atoms with E-state index in [0.29, 0.717) is 5.69 Å². The Kier molecular flexibility index (Phi) is 6.01. The summed E-state index contributed by atoms with van der Waals surface area (Å²) in [4.78, 5) is 38.7. The Labute approximate surface area is 170 Å². The van der Waals surface area contributed by atoms with Crippen molar-refractivity contribution in [3.63, 3.8) is 0 Å². The molecule has 1 heterocycles. The van der Waals surface area contributed by atoms with Gasteiger partial charge in [0.15, 0.2) is 6.61 Å². The first-order valence-electron chi connectivity index (χ1n) is 9.67. The molecule has 152 valence electrons. The molecule has 2 amide bonds. The Morgan fingerprint density at radius 2 is 1.66 bits per heavy atom. The predicted molar refractivity (Wildman–Crippen MR) is 112 cm³/mol. The largest absolute Gasteiger partial charge is 0.455 e. The molecule has 1 fully saturated rings. The van der Waals surface area contributed by atoms with Gasteiger partial charge in [-0.05, 0) is 56.0 Å². The van der Waals surface area contributed by atoms with Gasteiger partial charge in [0.2, 0.25) is 5.91 Å². The van der Waals surface area contributed by atoms with Crippen LogP contribution in [0.25, 0.3) is 0 Å². The summed E-state index contributed by atoms with van der Waals surface area (Å²) < 4.78 is 5.19. The molecule has 29 heavy (non-hydrogen) atoms. The quantitative estimate of drug-likeness (QED) is 0.788. The van der Waals surface area contributed by atoms with Crippen molar-refractivity contribution in [1.82, 2.24) is 0 Å². The number of hydrogen-bond acceptors (Lipinski definition) is 4. The molecule has 0 aliphatic carbocycles. The molecule has 1 N–H and O–H groups in total. The zero-order chi connectivity index (χ0) is 21.1. The van der Waals surface area contributed by atoms with E-state index in [4.69, 9.17) is 4.74 Å². The SMILES string of the molecule is Cc1cccc(NC(=O)COC(=O)[C@@H]2CC(=O)N(c3c(C)cccc3C)C2)c1C. The van der Waals surface area contributed by atoms with Crippen LogP contribution in [0.15, 0.2) is 36.4 Å². The summed E-state index contributed by atoms with van der Waals surface area (Å²) in [6.45, 7) is 7.66. The van der Waals surface area contributed by atoms with Crippen molar-refractivity contribution in [2.75, 3.05) is 23.4 Å². The molecule has 0 radical (unpaired) electrons. The van der Waals surface area contributed by atoms with E-state index in [2.05, 4.69) is 5.32 Å². The number of hydrogen-bond donors (Lipinski definition) is 1. The molecule has 0 saturated carbocycles. The van der Waals surface area contributed by atoms with E-state index >= 15 is 0 Å². The first-order chi connectivity index (χ1) is 13.8. The van der Waals surface area contributed by atoms with Gasteiger partial charge in [-0.1, -0.05) is 30.3 Å². The fraction of sp³-hybridized carbons (Fsp3) is 0.348. The Bertz CT molecular complexity index is 947. The van der Waals surface area contributed by atoms with Gasteiger partial charge in [-0.3, -0.25) is 14.4 Å². The maximum Gasteiger partial charge on any atom is 0.311 e. The molecule has 0 spiro atoms. The molecule has 1 saturated heterocycles. The van der Waals surface area contributed by atoms with Crippen molar-refractivity contribution in [2.24, 2.45) is 5.92 Å². The summed E-state index contributed by atoms with van der Waals surface area (Å²) in [6, 6.07) is 11.5. The highest BCUT2D eigenvalue weighted by molar-refractivity contribution is 6.01. The number of anilines is 2. The molecule has 1 aliphatic heterocycles. The number of nitrogens with zero attached hydrogens (tertiary/aromatic N) is 1. The summed E-state index contributed by atoms with van der Waals surface area (Å²) in [6.07, 6.45) is 0.0885. The average molecular weight is 394 g/mol. The van der Waals surface area contributed by atoms with Gasteiger partial charge in [0.05, 0.1) is 5.92 Å². The molecule has 2 aromatic carbocycles. The number of esters is 1. The van der Waals surface area contributed by atoms with Crippen LogP contribution in [0, 0.1) is 33.6 Å². The summed E-state index contributed by atoms with van der Waals surface area (Å²) in [7, 11) is 0. The van der Waals surface area contributed by atoms with Crippen LogP contribution in [0.2, 0.25) is 0 Å². The number of benzene rings is 2. The molecule has 6 heteroatoms. The molecule has 1 atom stereocenters. The number of carbonyl (C=O) groups excluding carboxylic acids is 3. The van der Waals surface area contributed by atoms with Crippen molar-refractivity contribution in [2.45, 2.75) is 34.1 Å². The van der Waals surface area contributed by atoms with Crippen LogP contribution in [0.1, 0.15) is 28.7 Å². The van der Waals surface area contributed by atoms with Crippen molar-refractivity contribution < 1.29 is 19.1 Å². The minimum Gasteiger partial charge on any atom is -0.455 e. The minimum atomic E-state index is -0.574. The molecule has 1 aliphatic rings. The van der Waals surface area contributed by atoms with E-state index in [0.717, 1.165) is 27.9 Å². The lowest BCUT2D eigenvalue weighted by Gasteiger charge is -2.21. The van der Waals surface area contributed by atoms with Crippen molar-refractivity contribution in [3.8, 4) is 0 Å². The van der Waals surface area contributed by atoms with Gasteiger partial charge in [-0.2, -0.15) is 0 Å². The van der Waals surface area contributed by atoms with Crippen LogP contribution in [-0.4, -0.2) is 30.9 Å². The minimum absolute atomic E-state index is 0.0885. The molecule has 6 nitrogen and oxygen atoms in total. The molecule has 2 aromatic rings. The van der Waals surface area contributed by atoms with Gasteiger partial charge in [0.1, 0.15) is 0 Å². The molecular formula is C23H26N2O4. The lowest BCUT2D eigenvalue weighted by molar-refractivity contribution is -0.151. The van der Waals surface area contributed by atoms with Crippen LogP contribution in [0.3, 0.4) is 0 Å². The van der Waals surface area contributed by atoms with Crippen molar-refractivity contribution in [3.05, 3.63) is 58.7 Å². The molecule has 0 unspecified atom stereocenters. The molecular weight excluding hydrogens is 368 g/mol. The summed E-state index contributed by atoms with van der Waals surface area (Å²) in [5.74, 6) is -1.61. The topological polar surface area (TPSA) is 75.7 Å². The first kappa shape index (κ1) is 20.6. The van der Waals surface area contributed by atoms with Gasteiger partial charge in [-0.25, -0.2) is 0 Å². The molecule has 0 bridgehead atoms. The molecule has 0 aromatic heterocycles. The van der Waals surface area contributed by atoms with E-state index in [1.165, 1.54) is 0 Å². The third kappa shape index (κ3) is 4.47. The zero-order valence-corrected chi connectivity index (χ0v) is 17.2. The second-order valence-electron chi connectivity index (χ2n) is 7.55. The van der Waals surface area contributed by atoms with Crippen LogP contribution >= 0.6 is 0 Å². The second-order valence-corrected chi connectivity index (χ2v) is 7.55. The summed E-state index contributed by atoms with van der Waals surface area (Å²) in [5, 5.41) is 2.76. The Morgan fingerprint density at radius 1 is 1.03 bits per heavy atom. The van der Waals surface area contributed by atoms with E-state index in [1.54, 1.807) is 11.0 Å². The highest BCUT2D eigenvalue weighted by Gasteiger charge is 2.37. The van der Waals surface area contributed by atoms with Crippen LogP contribution < -0.4 is 10.2 Å². The average Bonchev–Trinajstić information content (AvgIpc) is 3.05. The lowest BCUT2D eigenvalue weighted by Crippen LogP contribution is -2.29. The number of rotatable bonds is 5. The number of nitrogens with one attached hydrogen (secondary N) is 1. The third-order valence-electron chi connectivity index (χ3n) is 5.39. The number of para-hydroxylation sites is 1. The highest BCUT2D eigenvalue weighted by Crippen LogP contribution is 2.31. The van der Waals surface area contributed by atoms with E-state index in [-0.39, 0.29) is 25.5 Å². The predicted octanol–water partition coefficient (Wildman–Crippen LogP) is 3.46. The zero-order valence-electron chi connectivity index (χ0n) is 17.2.